The molecule has 5 heteroatoms. The first kappa shape index (κ1) is 17.0. The molecule has 2 rings (SSSR count). The van der Waals surface area contributed by atoms with Gasteiger partial charge in [0, 0.05) is 18.7 Å². The molecular formula is C18H20O5. The number of methoxy groups -OCH3 is 2. The Hall–Kier alpha value is -2.37. The van der Waals surface area contributed by atoms with E-state index in [0.29, 0.717) is 30.0 Å². The Morgan fingerprint density at radius 3 is 2.52 bits per heavy atom. The van der Waals surface area contributed by atoms with E-state index in [1.807, 2.05) is 30.3 Å². The number of ether oxygens (including phenoxy) is 4. The topological polar surface area (TPSA) is 54.0 Å². The molecule has 2 aromatic carbocycles. The van der Waals surface area contributed by atoms with Gasteiger partial charge in [0.2, 0.25) is 0 Å². The predicted octanol–water partition coefficient (Wildman–Crippen LogP) is 3.13. The normalized spacial score (nSPS) is 11.7. The van der Waals surface area contributed by atoms with Crippen LogP contribution in [0, 0.1) is 0 Å². The van der Waals surface area contributed by atoms with Crippen LogP contribution < -0.4 is 9.47 Å². The van der Waals surface area contributed by atoms with Crippen molar-refractivity contribution in [3.63, 3.8) is 0 Å². The monoisotopic (exact) mass is 316 g/mol. The van der Waals surface area contributed by atoms with Crippen LogP contribution in [-0.2, 0) is 20.9 Å². The van der Waals surface area contributed by atoms with E-state index in [9.17, 15) is 4.79 Å². The van der Waals surface area contributed by atoms with Crippen molar-refractivity contribution >= 4 is 6.29 Å². The van der Waals surface area contributed by atoms with Crippen LogP contribution in [0.1, 0.15) is 17.2 Å². The molecule has 0 heterocycles. The molecule has 0 aliphatic carbocycles. The molecule has 0 saturated carbocycles. The van der Waals surface area contributed by atoms with E-state index in [0.717, 1.165) is 5.56 Å². The smallest absolute Gasteiger partial charge is 0.153 e. The average Bonchev–Trinajstić information content (AvgIpc) is 2.62. The predicted molar refractivity (Wildman–Crippen MR) is 85.5 cm³/mol. The lowest BCUT2D eigenvalue weighted by atomic mass is 10.1. The maximum absolute atomic E-state index is 11.2. The molecule has 0 bridgehead atoms. The number of hydrogen-bond donors (Lipinski definition) is 0. The van der Waals surface area contributed by atoms with Crippen LogP contribution in [0.3, 0.4) is 0 Å². The third-order valence-electron chi connectivity index (χ3n) is 3.25. The summed E-state index contributed by atoms with van der Waals surface area (Å²) in [6, 6.07) is 15.2. The Labute approximate surface area is 135 Å². The number of carbonyl (C=O) groups excluding carboxylic acids is 1. The minimum Gasteiger partial charge on any atom is -0.496 e. The van der Waals surface area contributed by atoms with Gasteiger partial charge in [0.1, 0.15) is 31.0 Å². The van der Waals surface area contributed by atoms with Gasteiger partial charge in [-0.15, -0.1) is 0 Å². The first-order chi connectivity index (χ1) is 11.3. The molecule has 23 heavy (non-hydrogen) atoms. The van der Waals surface area contributed by atoms with E-state index >= 15 is 0 Å². The fourth-order valence-electron chi connectivity index (χ4n) is 2.10. The molecule has 0 unspecified atom stereocenters. The highest BCUT2D eigenvalue weighted by molar-refractivity contribution is 5.63. The van der Waals surface area contributed by atoms with Crippen molar-refractivity contribution in [3.05, 3.63) is 59.7 Å². The Morgan fingerprint density at radius 2 is 1.87 bits per heavy atom. The summed E-state index contributed by atoms with van der Waals surface area (Å²) in [6.45, 7) is 0.486. The number of rotatable bonds is 9. The maximum Gasteiger partial charge on any atom is 0.153 e. The number of hydrogen-bond acceptors (Lipinski definition) is 5. The van der Waals surface area contributed by atoms with Gasteiger partial charge in [-0.25, -0.2) is 0 Å². The highest BCUT2D eigenvalue weighted by Crippen LogP contribution is 2.30. The summed E-state index contributed by atoms with van der Waals surface area (Å²) in [4.78, 5) is 11.2. The van der Waals surface area contributed by atoms with Gasteiger partial charge in [-0.05, 0) is 17.7 Å². The second-order valence-corrected chi connectivity index (χ2v) is 4.81. The number of benzene rings is 2. The van der Waals surface area contributed by atoms with Crippen LogP contribution >= 0.6 is 0 Å². The van der Waals surface area contributed by atoms with Gasteiger partial charge >= 0.3 is 0 Å². The van der Waals surface area contributed by atoms with Crippen molar-refractivity contribution in [2.75, 3.05) is 21.0 Å². The lowest BCUT2D eigenvalue weighted by Crippen LogP contribution is -2.09. The van der Waals surface area contributed by atoms with E-state index in [-0.39, 0.29) is 6.79 Å². The standard InChI is InChI=1S/C18H20O5/c1-20-13-23-18(11-19)16-9-8-15(10-17(16)21-2)22-12-14-6-4-3-5-7-14/h3-11,18H,12-13H2,1-2H3/t18-/m1/s1. The van der Waals surface area contributed by atoms with Gasteiger partial charge in [0.05, 0.1) is 7.11 Å². The summed E-state index contributed by atoms with van der Waals surface area (Å²) in [5.41, 5.74) is 1.70. The zero-order chi connectivity index (χ0) is 16.5. The van der Waals surface area contributed by atoms with E-state index in [1.165, 1.54) is 14.2 Å². The van der Waals surface area contributed by atoms with Gasteiger partial charge in [-0.1, -0.05) is 30.3 Å². The Balaban J connectivity index is 2.10. The van der Waals surface area contributed by atoms with Crippen LogP contribution in [0.15, 0.2) is 48.5 Å². The Bertz CT molecular complexity index is 612. The average molecular weight is 316 g/mol. The number of aldehydes is 1. The molecular weight excluding hydrogens is 296 g/mol. The van der Waals surface area contributed by atoms with Crippen molar-refractivity contribution in [1.82, 2.24) is 0 Å². The van der Waals surface area contributed by atoms with Crippen LogP contribution in [0.2, 0.25) is 0 Å². The van der Waals surface area contributed by atoms with Gasteiger partial charge < -0.3 is 23.7 Å². The highest BCUT2D eigenvalue weighted by atomic mass is 16.7. The second-order valence-electron chi connectivity index (χ2n) is 4.81. The van der Waals surface area contributed by atoms with Crippen LogP contribution in [0.5, 0.6) is 11.5 Å². The Kier molecular flexibility index (Phi) is 6.59. The summed E-state index contributed by atoms with van der Waals surface area (Å²) < 4.78 is 21.3. The van der Waals surface area contributed by atoms with Crippen molar-refractivity contribution < 1.29 is 23.7 Å². The molecule has 0 aromatic heterocycles. The zero-order valence-corrected chi connectivity index (χ0v) is 13.2. The fourth-order valence-corrected chi connectivity index (χ4v) is 2.10. The first-order valence-electron chi connectivity index (χ1n) is 7.19. The van der Waals surface area contributed by atoms with Crippen LogP contribution in [0.25, 0.3) is 0 Å². The summed E-state index contributed by atoms with van der Waals surface area (Å²) in [5.74, 6) is 1.19. The molecule has 1 atom stereocenters. The van der Waals surface area contributed by atoms with E-state index in [4.69, 9.17) is 18.9 Å². The Morgan fingerprint density at radius 1 is 1.09 bits per heavy atom. The summed E-state index contributed by atoms with van der Waals surface area (Å²) in [5, 5.41) is 0. The van der Waals surface area contributed by atoms with Gasteiger partial charge in [0.15, 0.2) is 6.29 Å². The molecule has 0 amide bonds. The minimum absolute atomic E-state index is 0.0266. The second kappa shape index (κ2) is 8.92. The van der Waals surface area contributed by atoms with Crippen LogP contribution in [0.4, 0.5) is 0 Å². The highest BCUT2D eigenvalue weighted by Gasteiger charge is 2.17. The molecule has 0 N–H and O–H groups in total. The van der Waals surface area contributed by atoms with Crippen molar-refractivity contribution in [2.45, 2.75) is 12.7 Å². The van der Waals surface area contributed by atoms with E-state index in [1.54, 1.807) is 18.2 Å². The molecule has 0 spiro atoms. The molecule has 0 radical (unpaired) electrons. The van der Waals surface area contributed by atoms with Crippen molar-refractivity contribution in [2.24, 2.45) is 0 Å². The zero-order valence-electron chi connectivity index (χ0n) is 13.2. The van der Waals surface area contributed by atoms with Crippen LogP contribution in [-0.4, -0.2) is 27.3 Å². The molecule has 0 aliphatic heterocycles. The molecule has 0 aliphatic rings. The largest absolute Gasteiger partial charge is 0.496 e. The summed E-state index contributed by atoms with van der Waals surface area (Å²) >= 11 is 0. The quantitative estimate of drug-likeness (QED) is 0.525. The van der Waals surface area contributed by atoms with Gasteiger partial charge in [-0.2, -0.15) is 0 Å². The molecule has 0 saturated heterocycles. The first-order valence-corrected chi connectivity index (χ1v) is 7.19. The van der Waals surface area contributed by atoms with E-state index in [2.05, 4.69) is 0 Å². The maximum atomic E-state index is 11.2. The third kappa shape index (κ3) is 4.81. The summed E-state index contributed by atoms with van der Waals surface area (Å²) in [6.07, 6.45) is -0.0328. The third-order valence-corrected chi connectivity index (χ3v) is 3.25. The number of carbonyl (C=O) groups is 1. The van der Waals surface area contributed by atoms with Gasteiger partial charge in [-0.3, -0.25) is 0 Å². The lowest BCUT2D eigenvalue weighted by Gasteiger charge is -2.16. The SMILES string of the molecule is COCO[C@H](C=O)c1ccc(OCc2ccccc2)cc1OC. The molecule has 122 valence electrons. The fraction of sp³-hybridized carbons (Fsp3) is 0.278. The van der Waals surface area contributed by atoms with Crippen molar-refractivity contribution in [3.8, 4) is 11.5 Å². The van der Waals surface area contributed by atoms with Crippen molar-refractivity contribution in [1.29, 1.82) is 0 Å². The molecule has 2 aromatic rings. The minimum atomic E-state index is -0.743. The molecule has 5 nitrogen and oxygen atoms in total. The lowest BCUT2D eigenvalue weighted by molar-refractivity contribution is -0.128. The van der Waals surface area contributed by atoms with Gasteiger partial charge in [0.25, 0.3) is 0 Å². The summed E-state index contributed by atoms with van der Waals surface area (Å²) in [7, 11) is 3.04. The molecule has 0 fully saturated rings. The van der Waals surface area contributed by atoms with E-state index < -0.39 is 6.10 Å².